The average Bonchev–Trinajstić information content (AvgIpc) is 0. The first-order chi connectivity index (χ1) is 0. The minimum absolute atomic E-state index is 0. The topological polar surface area (TPSA) is 35.0 Å². The number of rotatable bonds is 0. The molecule has 0 saturated heterocycles. The van der Waals surface area contributed by atoms with E-state index in [0.717, 1.165) is 0 Å². The van der Waals surface area contributed by atoms with E-state index in [2.05, 4.69) is 0 Å². The van der Waals surface area contributed by atoms with E-state index in [1.807, 2.05) is 0 Å². The SMILES string of the molecule is N.P.[AsH3].[TeH2]. The van der Waals surface area contributed by atoms with Gasteiger partial charge in [-0.15, -0.1) is 0 Å². The van der Waals surface area contributed by atoms with Crippen LogP contribution in [0.2, 0.25) is 0 Å². The van der Waals surface area contributed by atoms with Crippen LogP contribution in [0.15, 0.2) is 0 Å². The zero-order valence-electron chi connectivity index (χ0n) is 2.62. The van der Waals surface area contributed by atoms with Crippen molar-refractivity contribution in [2.75, 3.05) is 0 Å². The van der Waals surface area contributed by atoms with Gasteiger partial charge in [-0.2, -0.15) is 9.90 Å². The monoisotopic (exact) mass is 261 g/mol. The van der Waals surface area contributed by atoms with Gasteiger partial charge in [0.25, 0.3) is 0 Å². The Balaban J connectivity index is 0. The quantitative estimate of drug-likeness (QED) is 0.401. The third-order valence-electron chi connectivity index (χ3n) is 0. The molecule has 0 spiro atoms. The Bertz CT molecular complexity index is 8.00. The van der Waals surface area contributed by atoms with Crippen LogP contribution < -0.4 is 6.15 Å². The Morgan fingerprint density at radius 1 is 1.00 bits per heavy atom. The van der Waals surface area contributed by atoms with E-state index >= 15 is 0 Å². The molecule has 0 fully saturated rings. The molecule has 0 heterocycles. The van der Waals surface area contributed by atoms with Crippen LogP contribution in [-0.4, -0.2) is 41.6 Å². The van der Waals surface area contributed by atoms with Crippen LogP contribution in [0.5, 0.6) is 0 Å². The molecule has 1 nitrogen and oxygen atoms in total. The Labute approximate surface area is 57.5 Å². The summed E-state index contributed by atoms with van der Waals surface area (Å²) in [6.07, 6.45) is 0. The molecule has 0 saturated carbocycles. The number of hydrogen-bond donors (Lipinski definition) is 1. The van der Waals surface area contributed by atoms with Gasteiger partial charge < -0.3 is 6.15 Å². The van der Waals surface area contributed by atoms with Gasteiger partial charge in [-0.3, -0.25) is 0 Å². The van der Waals surface area contributed by atoms with E-state index in [1.54, 1.807) is 0 Å². The molecule has 2 atom stereocenters. The third kappa shape index (κ3) is 9.28. The molecular weight excluding hydrogens is 248 g/mol. The first kappa shape index (κ1) is 42.6. The minimum atomic E-state index is 0. The van der Waals surface area contributed by atoms with Crippen LogP contribution in [0, 0.1) is 0 Å². The molecule has 0 aliphatic rings. The van der Waals surface area contributed by atoms with Gasteiger partial charge in [0.15, 0.2) is 0 Å². The van der Waals surface area contributed by atoms with Gasteiger partial charge >= 0.3 is 41.6 Å². The summed E-state index contributed by atoms with van der Waals surface area (Å²) in [7, 11) is 0. The van der Waals surface area contributed by atoms with Crippen LogP contribution in [-0.2, 0) is 0 Å². The molecule has 4 heteroatoms. The van der Waals surface area contributed by atoms with Crippen molar-refractivity contribution in [1.29, 1.82) is 0 Å². The maximum absolute atomic E-state index is 0. The first-order valence-corrected chi connectivity index (χ1v) is 0. The molecule has 0 amide bonds. The first-order valence-electron chi connectivity index (χ1n) is 0. The van der Waals surface area contributed by atoms with Crippen LogP contribution in [0.1, 0.15) is 0 Å². The summed E-state index contributed by atoms with van der Waals surface area (Å²) >= 11 is 0. The zero-order valence-corrected chi connectivity index (χ0v) is 9.86. The molecule has 0 aromatic carbocycles. The fourth-order valence-electron chi connectivity index (χ4n) is 0. The molecule has 4 heavy (non-hydrogen) atoms. The normalized spacial score (nSPS) is 0. The summed E-state index contributed by atoms with van der Waals surface area (Å²) < 4.78 is 0. The summed E-state index contributed by atoms with van der Waals surface area (Å²) in [4.78, 5) is 0. The van der Waals surface area contributed by atoms with Gasteiger partial charge in [0, 0.05) is 0 Å². The van der Waals surface area contributed by atoms with Crippen molar-refractivity contribution in [1.82, 2.24) is 6.15 Å². The van der Waals surface area contributed by atoms with E-state index < -0.39 is 0 Å². The average molecular weight is 259 g/mol. The van der Waals surface area contributed by atoms with E-state index in [9.17, 15) is 0 Å². The summed E-state index contributed by atoms with van der Waals surface area (Å²) in [5, 5.41) is 0. The Morgan fingerprint density at radius 2 is 1.00 bits per heavy atom. The molecule has 0 radical (unpaired) electrons. The van der Waals surface area contributed by atoms with Gasteiger partial charge in [0.2, 0.25) is 0 Å². The second-order valence-electron chi connectivity index (χ2n) is 0. The molecule has 32 valence electrons. The maximum atomic E-state index is 0. The van der Waals surface area contributed by atoms with Gasteiger partial charge in [-0.05, 0) is 0 Å². The molecule has 0 aliphatic heterocycles. The predicted octanol–water partition coefficient (Wildman–Crippen LogP) is -1.88. The van der Waals surface area contributed by atoms with E-state index in [4.69, 9.17) is 0 Å². The molecule has 0 aromatic heterocycles. The third-order valence-corrected chi connectivity index (χ3v) is 0. The van der Waals surface area contributed by atoms with Gasteiger partial charge in [-0.1, -0.05) is 0 Å². The van der Waals surface area contributed by atoms with Crippen molar-refractivity contribution < 1.29 is 0 Å². The van der Waals surface area contributed by atoms with Gasteiger partial charge in [0.1, 0.15) is 0 Å². The Morgan fingerprint density at radius 3 is 1.00 bits per heavy atom. The van der Waals surface area contributed by atoms with Crippen LogP contribution in [0.25, 0.3) is 0 Å². The molecule has 3 N–H and O–H groups in total. The zero-order chi connectivity index (χ0) is 0. The molecule has 0 rings (SSSR count). The van der Waals surface area contributed by atoms with Gasteiger partial charge in [0.05, 0.1) is 0 Å². The van der Waals surface area contributed by atoms with Crippen molar-refractivity contribution in [2.24, 2.45) is 0 Å². The van der Waals surface area contributed by atoms with Crippen molar-refractivity contribution in [3.05, 3.63) is 0 Å². The van der Waals surface area contributed by atoms with E-state index in [1.165, 1.54) is 0 Å². The fraction of sp³-hybridized carbons (Fsp3) is 0. The molecule has 2 unspecified atom stereocenters. The Hall–Kier alpha value is 1.74. The van der Waals surface area contributed by atoms with Gasteiger partial charge in [-0.25, -0.2) is 0 Å². The number of hydrogen-bond acceptors (Lipinski definition) is 1. The fourth-order valence-corrected chi connectivity index (χ4v) is 0. The van der Waals surface area contributed by atoms with Crippen LogP contribution >= 0.6 is 9.90 Å². The summed E-state index contributed by atoms with van der Waals surface area (Å²) in [5.74, 6) is 0. The van der Waals surface area contributed by atoms with Crippen LogP contribution in [0.3, 0.4) is 0 Å². The van der Waals surface area contributed by atoms with E-state index in [0.29, 0.717) is 0 Å². The standard InChI is InChI=1S/AsH3.H3N.H3P.H2Te/h3*1H3;1H2. The summed E-state index contributed by atoms with van der Waals surface area (Å²) in [6, 6.07) is 0. The second-order valence-corrected chi connectivity index (χ2v) is 0. The van der Waals surface area contributed by atoms with Crippen LogP contribution in [0.4, 0.5) is 0 Å². The summed E-state index contributed by atoms with van der Waals surface area (Å²) in [6.45, 7) is 0. The molecule has 0 aromatic rings. The predicted molar refractivity (Wildman–Crippen MR) is 34.6 cm³/mol. The molecular formula is H11AsNPTe. The van der Waals surface area contributed by atoms with Crippen molar-refractivity contribution in [2.45, 2.75) is 0 Å². The summed E-state index contributed by atoms with van der Waals surface area (Å²) in [5.41, 5.74) is 0. The Kier molecular flexibility index (Phi) is 234. The van der Waals surface area contributed by atoms with Crippen molar-refractivity contribution >= 4 is 51.5 Å². The molecule has 0 aliphatic carbocycles. The second kappa shape index (κ2) is 21.9. The van der Waals surface area contributed by atoms with Crippen molar-refractivity contribution in [3.63, 3.8) is 0 Å². The van der Waals surface area contributed by atoms with Crippen molar-refractivity contribution in [3.8, 4) is 0 Å². The van der Waals surface area contributed by atoms with E-state index in [-0.39, 0.29) is 57.7 Å². The molecule has 0 bridgehead atoms.